The number of nitrogens with zero attached hydrogens (tertiary/aromatic N) is 9. The predicted molar refractivity (Wildman–Crippen MR) is 381 cm³/mol. The zero-order chi connectivity index (χ0) is 80.4. The lowest BCUT2D eigenvalue weighted by atomic mass is 9.90. The number of likely N-dealkylation sites (N-methyl/N-ethyl adjacent to an activating group) is 7. The molecule has 0 bridgehead atoms. The maximum absolute atomic E-state index is 15.7. The number of nitrogens with one attached hydrogen (secondary N) is 3. The summed E-state index contributed by atoms with van der Waals surface area (Å²) in [5, 5.41) is 8.23. The van der Waals surface area contributed by atoms with Gasteiger partial charge in [-0.25, -0.2) is 8.78 Å². The van der Waals surface area contributed by atoms with Crippen molar-refractivity contribution in [2.75, 3.05) is 75.5 Å². The van der Waals surface area contributed by atoms with E-state index in [1.807, 2.05) is 0 Å². The van der Waals surface area contributed by atoms with Crippen LogP contribution in [0.5, 0.6) is 0 Å². The molecule has 3 aromatic rings. The number of rotatable bonds is 12. The third-order valence-corrected chi connectivity index (χ3v) is 22.2. The van der Waals surface area contributed by atoms with Crippen molar-refractivity contribution < 1.29 is 92.7 Å². The van der Waals surface area contributed by atoms with Gasteiger partial charge in [0.1, 0.15) is 77.1 Å². The largest absolute Gasteiger partial charge is 0.422 e. The number of hydrogen-bond acceptors (Lipinski definition) is 12. The van der Waals surface area contributed by atoms with Gasteiger partial charge in [0.2, 0.25) is 70.9 Å². The fourth-order valence-electron chi connectivity index (χ4n) is 14.5. The lowest BCUT2D eigenvalue weighted by Crippen LogP contribution is -2.65. The molecule has 0 radical (unpaired) electrons. The van der Waals surface area contributed by atoms with E-state index >= 15 is 32.8 Å². The monoisotopic (exact) mass is 1530 g/mol. The topological polar surface area (TPSA) is 270 Å². The minimum Gasteiger partial charge on any atom is -0.343 e. The minimum atomic E-state index is -5.46. The number of carbonyl (C=O) groups is 12. The molecule has 3 N–H and O–H groups in total. The SMILES string of the molecule is CC[C@H](C)[C@@H]1NC(=O)[C@H](C)N(C)C(=O)C[C@@H](C(=O)N2CCCCC2)N(C)C(=O)[C@H]([C@@H](C)CC)N(C)C(=O)C2(CCCC2)NC(=O)[C@@H](Cc2ccccc2)N(C)C(=O)[C@H](CCc2cc(F)c(C(F)(F)F)c(F)c2)NC(=O)CN(C)C(=O)[C@H](Cc2ccc(C(F)(F)F)cc2)N(C)C(=O)[C@@H]2CCN2C(=O)[C@@H](C)N(C)C1=O. The summed E-state index contributed by atoms with van der Waals surface area (Å²) in [7, 11) is 8.87. The van der Waals surface area contributed by atoms with Gasteiger partial charge in [0.15, 0.2) is 0 Å². The number of likely N-dealkylation sites (tertiary alicyclic amines) is 1. The first-order valence-corrected chi connectivity index (χ1v) is 36.7. The number of alkyl halides is 6. The second-order valence-electron chi connectivity index (χ2n) is 29.4. The van der Waals surface area contributed by atoms with Crippen molar-refractivity contribution in [1.82, 2.24) is 60.0 Å². The van der Waals surface area contributed by atoms with Gasteiger partial charge in [0.05, 0.1) is 18.5 Å². The quantitative estimate of drug-likeness (QED) is 0.167. The molecule has 11 atom stereocenters. The van der Waals surface area contributed by atoms with Crippen LogP contribution in [0.1, 0.15) is 146 Å². The standard InChI is InChI=1S/C76H102F8N12O12/c1-14-44(3)62-71(106)90(9)47(6)66(101)96-37-32-55(96)69(104)92(11)57(41-49-26-29-51(30-27-49)75(79,80)81)68(103)88(7)43-59(97)85-54(31-28-50-38-52(77)61(53(78)39-50)76(82,83)84)67(102)91(10)56(40-48-24-18-16-19-25-48)65(100)87-74(33-20-21-34-74)73(108)94(13)63(45(4)15-2)72(107)93(12)58(70(105)95-35-22-17-23-36-95)42-60(98)89(8)46(5)64(99)86-62/h16,18-19,24-27,29-30,38-39,44-47,54-58,62-63H,14-15,17,20-23,28,31-37,40-43H2,1-13H3,(H,85,97)(H,86,99)(H,87,100)/t44-,45-,46-,47+,54-,55-,56+,57-,58-,62-,63-/m0/s1. The van der Waals surface area contributed by atoms with Crippen LogP contribution in [0, 0.1) is 23.5 Å². The fourth-order valence-corrected chi connectivity index (χ4v) is 14.5. The molecular formula is C76H102F8N12O12. The van der Waals surface area contributed by atoms with Crippen LogP contribution in [0.4, 0.5) is 35.1 Å². The molecule has 3 heterocycles. The molecule has 3 aromatic carbocycles. The first kappa shape index (κ1) is 86.0. The third kappa shape index (κ3) is 20.0. The lowest BCUT2D eigenvalue weighted by molar-refractivity contribution is -0.160. The first-order valence-electron chi connectivity index (χ1n) is 36.7. The maximum atomic E-state index is 15.7. The van der Waals surface area contributed by atoms with E-state index in [-0.39, 0.29) is 44.2 Å². The summed E-state index contributed by atoms with van der Waals surface area (Å²) in [6, 6.07) is -0.529. The van der Waals surface area contributed by atoms with Gasteiger partial charge in [-0.05, 0) is 118 Å². The van der Waals surface area contributed by atoms with Crippen molar-refractivity contribution in [2.45, 2.75) is 210 Å². The summed E-state index contributed by atoms with van der Waals surface area (Å²) in [4.78, 5) is 190. The van der Waals surface area contributed by atoms with Crippen molar-refractivity contribution >= 4 is 70.9 Å². The number of carbonyl (C=O) groups excluding carboxylic acids is 12. The lowest BCUT2D eigenvalue weighted by Gasteiger charge is -2.45. The molecule has 0 unspecified atom stereocenters. The summed E-state index contributed by atoms with van der Waals surface area (Å²) in [5.74, 6) is -15.3. The highest BCUT2D eigenvalue weighted by Crippen LogP contribution is 2.37. The van der Waals surface area contributed by atoms with Crippen molar-refractivity contribution in [3.05, 3.63) is 106 Å². The van der Waals surface area contributed by atoms with Crippen molar-refractivity contribution in [3.63, 3.8) is 0 Å². The molecule has 24 nitrogen and oxygen atoms in total. The van der Waals surface area contributed by atoms with Gasteiger partial charge in [-0.3, -0.25) is 57.5 Å². The Morgan fingerprint density at radius 2 is 1.13 bits per heavy atom. The molecular weight excluding hydrogens is 1420 g/mol. The number of piperidine rings is 1. The normalized spacial score (nSPS) is 25.4. The highest BCUT2D eigenvalue weighted by Gasteiger charge is 2.51. The Balaban J connectivity index is 1.35. The molecule has 12 amide bonds. The van der Waals surface area contributed by atoms with Gasteiger partial charge in [-0.15, -0.1) is 0 Å². The van der Waals surface area contributed by atoms with Crippen LogP contribution < -0.4 is 16.0 Å². The third-order valence-electron chi connectivity index (χ3n) is 22.2. The molecule has 1 saturated carbocycles. The number of fused-ring (bicyclic) bond motifs is 1. The van der Waals surface area contributed by atoms with Crippen LogP contribution in [0.25, 0.3) is 0 Å². The smallest absolute Gasteiger partial charge is 0.343 e. The molecule has 3 saturated heterocycles. The second-order valence-corrected chi connectivity index (χ2v) is 29.4. The van der Waals surface area contributed by atoms with Crippen LogP contribution in [-0.4, -0.2) is 250 Å². The summed E-state index contributed by atoms with van der Waals surface area (Å²) < 4.78 is 114. The zero-order valence-electron chi connectivity index (χ0n) is 63.6. The molecule has 7 rings (SSSR count). The summed E-state index contributed by atoms with van der Waals surface area (Å²) in [6.45, 7) is 9.33. The van der Waals surface area contributed by atoms with Crippen LogP contribution in [0.3, 0.4) is 0 Å². The summed E-state index contributed by atoms with van der Waals surface area (Å²) >= 11 is 0. The molecule has 4 aliphatic rings. The van der Waals surface area contributed by atoms with Gasteiger partial charge in [-0.1, -0.05) is 95.8 Å². The highest BCUT2D eigenvalue weighted by molar-refractivity contribution is 6.01. The van der Waals surface area contributed by atoms with E-state index in [0.29, 0.717) is 62.9 Å². The predicted octanol–water partition coefficient (Wildman–Crippen LogP) is 6.39. The van der Waals surface area contributed by atoms with Crippen LogP contribution >= 0.6 is 0 Å². The van der Waals surface area contributed by atoms with E-state index in [9.17, 15) is 59.9 Å². The van der Waals surface area contributed by atoms with Crippen molar-refractivity contribution in [1.29, 1.82) is 0 Å². The Labute approximate surface area is 624 Å². The average Bonchev–Trinajstić information content (AvgIpc) is 1.70. The minimum absolute atomic E-state index is 0.0126. The van der Waals surface area contributed by atoms with Crippen LogP contribution in [0.2, 0.25) is 0 Å². The number of aryl methyl sites for hydroxylation is 1. The van der Waals surface area contributed by atoms with E-state index in [2.05, 4.69) is 16.0 Å². The van der Waals surface area contributed by atoms with Crippen LogP contribution in [0.15, 0.2) is 66.7 Å². The van der Waals surface area contributed by atoms with Gasteiger partial charge in [0.25, 0.3) is 0 Å². The summed E-state index contributed by atoms with van der Waals surface area (Å²) in [6.07, 6.45) is -9.44. The maximum Gasteiger partial charge on any atom is 0.422 e. The summed E-state index contributed by atoms with van der Waals surface area (Å²) in [5.41, 5.74) is -4.87. The number of benzene rings is 3. The van der Waals surface area contributed by atoms with E-state index in [0.717, 1.165) is 72.0 Å². The van der Waals surface area contributed by atoms with Crippen molar-refractivity contribution in [2.24, 2.45) is 11.8 Å². The van der Waals surface area contributed by atoms with Crippen molar-refractivity contribution in [3.8, 4) is 0 Å². The Kier molecular flexibility index (Phi) is 28.9. The molecule has 1 aliphatic carbocycles. The van der Waals surface area contributed by atoms with E-state index in [1.54, 1.807) is 62.9 Å². The zero-order valence-corrected chi connectivity index (χ0v) is 63.6. The van der Waals surface area contributed by atoms with Gasteiger partial charge in [0, 0.05) is 81.8 Å². The van der Waals surface area contributed by atoms with Gasteiger partial charge >= 0.3 is 12.4 Å². The second kappa shape index (κ2) is 36.3. The Bertz CT molecular complexity index is 3760. The molecule has 108 heavy (non-hydrogen) atoms. The molecule has 4 fully saturated rings. The van der Waals surface area contributed by atoms with E-state index < -0.39 is 216 Å². The Morgan fingerprint density at radius 3 is 1.68 bits per heavy atom. The molecule has 0 aromatic heterocycles. The van der Waals surface area contributed by atoms with E-state index in [1.165, 1.54) is 61.0 Å². The first-order chi connectivity index (χ1) is 50.6. The fraction of sp³-hybridized carbons (Fsp3) is 0.605. The number of halogens is 8. The highest BCUT2D eigenvalue weighted by atomic mass is 19.4. The molecule has 594 valence electrons. The Morgan fingerprint density at radius 1 is 0.565 bits per heavy atom. The molecule has 32 heteroatoms. The average molecular weight is 1530 g/mol. The molecule has 1 spiro atoms. The number of amides is 12. The number of hydrogen-bond donors (Lipinski definition) is 3. The van der Waals surface area contributed by atoms with Gasteiger partial charge in [-0.2, -0.15) is 26.3 Å². The van der Waals surface area contributed by atoms with Gasteiger partial charge < -0.3 is 60.0 Å². The Hall–Kier alpha value is -9.26. The molecule has 3 aliphatic heterocycles. The van der Waals surface area contributed by atoms with E-state index in [4.69, 9.17) is 0 Å². The van der Waals surface area contributed by atoms with Crippen LogP contribution in [-0.2, 0) is 89.1 Å².